The van der Waals surface area contributed by atoms with Crippen molar-refractivity contribution in [2.45, 2.75) is 54.4 Å². The summed E-state index contributed by atoms with van der Waals surface area (Å²) in [4.78, 5) is 0. The van der Waals surface area contributed by atoms with Crippen LogP contribution in [0.4, 0.5) is 0 Å². The summed E-state index contributed by atoms with van der Waals surface area (Å²) in [5.41, 5.74) is 3.16. The zero-order valence-electron chi connectivity index (χ0n) is 8.28. The summed E-state index contributed by atoms with van der Waals surface area (Å²) in [5, 5.41) is 0. The van der Waals surface area contributed by atoms with Gasteiger partial charge in [-0.2, -0.15) is 0 Å². The van der Waals surface area contributed by atoms with Gasteiger partial charge in [0.25, 0.3) is 0 Å². The topological polar surface area (TPSA) is 0 Å². The largest absolute Gasteiger partial charge is 0.0874 e. The van der Waals surface area contributed by atoms with Gasteiger partial charge in [-0.15, -0.1) is 0 Å². The molecule has 1 aliphatic rings. The van der Waals surface area contributed by atoms with Gasteiger partial charge in [-0.3, -0.25) is 0 Å². The second kappa shape index (κ2) is 8.58. The molecule has 0 nitrogen and oxygen atoms in total. The van der Waals surface area contributed by atoms with Crippen LogP contribution in [0, 0.1) is 0 Å². The van der Waals surface area contributed by atoms with Crippen LogP contribution in [0.25, 0.3) is 0 Å². The Balaban J connectivity index is 0. The van der Waals surface area contributed by atoms with E-state index in [-0.39, 0.29) is 7.43 Å². The Morgan fingerprint density at radius 3 is 2.08 bits per heavy atom. The van der Waals surface area contributed by atoms with Crippen molar-refractivity contribution in [2.24, 2.45) is 0 Å². The van der Waals surface area contributed by atoms with Gasteiger partial charge in [-0.05, 0) is 38.7 Å². The van der Waals surface area contributed by atoms with Crippen LogP contribution in [-0.2, 0) is 0 Å². The lowest BCUT2D eigenvalue weighted by Gasteiger charge is -1.91. The van der Waals surface area contributed by atoms with E-state index in [2.05, 4.69) is 26.0 Å². The lowest BCUT2D eigenvalue weighted by Crippen LogP contribution is -1.71. The molecule has 0 heterocycles. The van der Waals surface area contributed by atoms with Crippen LogP contribution in [0.2, 0.25) is 0 Å². The molecule has 0 saturated carbocycles. The maximum atomic E-state index is 2.24. The van der Waals surface area contributed by atoms with Crippen LogP contribution < -0.4 is 0 Å². The van der Waals surface area contributed by atoms with E-state index in [0.717, 1.165) is 0 Å². The predicted octanol–water partition coefficient (Wildman–Crippen LogP) is 4.73. The highest BCUT2D eigenvalue weighted by Crippen LogP contribution is 2.25. The van der Waals surface area contributed by atoms with Gasteiger partial charge in [0.1, 0.15) is 0 Å². The minimum Gasteiger partial charge on any atom is -0.0874 e. The smallest absolute Gasteiger partial charge is 0.0276 e. The summed E-state index contributed by atoms with van der Waals surface area (Å²) in [6.45, 7) is 8.32. The maximum absolute atomic E-state index is 2.24. The van der Waals surface area contributed by atoms with Crippen molar-refractivity contribution >= 4 is 0 Å². The van der Waals surface area contributed by atoms with Crippen LogP contribution >= 0.6 is 0 Å². The highest BCUT2D eigenvalue weighted by atomic mass is 14.1. The van der Waals surface area contributed by atoms with Crippen LogP contribution in [0.15, 0.2) is 23.3 Å². The van der Waals surface area contributed by atoms with Gasteiger partial charge in [0.2, 0.25) is 0 Å². The van der Waals surface area contributed by atoms with Crippen molar-refractivity contribution in [1.29, 1.82) is 0 Å². The molecule has 0 heteroatoms. The Hall–Kier alpha value is -0.520. The van der Waals surface area contributed by atoms with Crippen LogP contribution in [0.1, 0.15) is 54.4 Å². The third kappa shape index (κ3) is 4.38. The molecule has 0 saturated heterocycles. The first kappa shape index (κ1) is 14.0. The average molecular weight is 168 g/mol. The summed E-state index contributed by atoms with van der Waals surface area (Å²) < 4.78 is 0. The zero-order chi connectivity index (χ0) is 8.69. The maximum Gasteiger partial charge on any atom is -0.0276 e. The summed E-state index contributed by atoms with van der Waals surface area (Å²) >= 11 is 0. The molecule has 0 unspecified atom stereocenters. The van der Waals surface area contributed by atoms with E-state index in [1.165, 1.54) is 19.3 Å². The number of hydrogen-bond donors (Lipinski definition) is 0. The molecule has 12 heavy (non-hydrogen) atoms. The minimum absolute atomic E-state index is 0. The molecule has 0 atom stereocenters. The third-order valence-corrected chi connectivity index (χ3v) is 1.91. The molecule has 0 aromatic heterocycles. The fraction of sp³-hybridized carbons (Fsp3) is 0.667. The van der Waals surface area contributed by atoms with Crippen molar-refractivity contribution in [3.05, 3.63) is 23.3 Å². The molecule has 0 aliphatic heterocycles. The standard InChI is InChI=1S/C9H14.C2H6.CH4/c1-3-5-9-7-4-6-8(9)2;1-2;/h3,5H,4,6-7H2,1-2H3;1-2H3;1H4/b5-3-;;. The Morgan fingerprint density at radius 1 is 1.17 bits per heavy atom. The van der Waals surface area contributed by atoms with Gasteiger partial charge < -0.3 is 0 Å². The van der Waals surface area contributed by atoms with E-state index in [0.29, 0.717) is 0 Å². The van der Waals surface area contributed by atoms with Gasteiger partial charge in [-0.25, -0.2) is 0 Å². The molecule has 1 rings (SSSR count). The van der Waals surface area contributed by atoms with Crippen molar-refractivity contribution < 1.29 is 0 Å². The van der Waals surface area contributed by atoms with Crippen molar-refractivity contribution in [3.8, 4) is 0 Å². The predicted molar refractivity (Wildman–Crippen MR) is 59.4 cm³/mol. The van der Waals surface area contributed by atoms with Crippen LogP contribution in [-0.4, -0.2) is 0 Å². The van der Waals surface area contributed by atoms with E-state index in [4.69, 9.17) is 0 Å². The highest BCUT2D eigenvalue weighted by Gasteiger charge is 2.06. The minimum atomic E-state index is 0. The van der Waals surface area contributed by atoms with Crippen molar-refractivity contribution in [1.82, 2.24) is 0 Å². The quantitative estimate of drug-likeness (QED) is 0.531. The third-order valence-electron chi connectivity index (χ3n) is 1.91. The van der Waals surface area contributed by atoms with E-state index in [1.807, 2.05) is 13.8 Å². The summed E-state index contributed by atoms with van der Waals surface area (Å²) in [6, 6.07) is 0. The van der Waals surface area contributed by atoms with Gasteiger partial charge in [0.05, 0.1) is 0 Å². The Morgan fingerprint density at radius 2 is 1.75 bits per heavy atom. The van der Waals surface area contributed by atoms with E-state index in [1.54, 1.807) is 11.1 Å². The molecule has 72 valence electrons. The molecule has 0 aromatic rings. The summed E-state index contributed by atoms with van der Waals surface area (Å²) in [5.74, 6) is 0. The average Bonchev–Trinajstić information content (AvgIpc) is 2.42. The summed E-state index contributed by atoms with van der Waals surface area (Å²) in [7, 11) is 0. The number of hydrogen-bond acceptors (Lipinski definition) is 0. The first-order chi connectivity index (χ1) is 5.34. The Labute approximate surface area is 78.4 Å². The van der Waals surface area contributed by atoms with Crippen LogP contribution in [0.3, 0.4) is 0 Å². The molecular formula is C12H24. The van der Waals surface area contributed by atoms with E-state index >= 15 is 0 Å². The molecular weight excluding hydrogens is 144 g/mol. The lowest BCUT2D eigenvalue weighted by molar-refractivity contribution is 0.899. The molecule has 0 amide bonds. The van der Waals surface area contributed by atoms with Gasteiger partial charge in [0.15, 0.2) is 0 Å². The molecule has 0 N–H and O–H groups in total. The lowest BCUT2D eigenvalue weighted by atomic mass is 10.2. The first-order valence-corrected chi connectivity index (χ1v) is 4.66. The van der Waals surface area contributed by atoms with Crippen molar-refractivity contribution in [2.75, 3.05) is 0 Å². The summed E-state index contributed by atoms with van der Waals surface area (Å²) in [6.07, 6.45) is 8.36. The second-order valence-electron chi connectivity index (χ2n) is 2.66. The number of rotatable bonds is 1. The van der Waals surface area contributed by atoms with Gasteiger partial charge >= 0.3 is 0 Å². The van der Waals surface area contributed by atoms with E-state index in [9.17, 15) is 0 Å². The zero-order valence-corrected chi connectivity index (χ0v) is 8.28. The second-order valence-corrected chi connectivity index (χ2v) is 2.66. The van der Waals surface area contributed by atoms with Gasteiger partial charge in [-0.1, -0.05) is 39.0 Å². The Kier molecular flexibility index (Phi) is 10.0. The fourth-order valence-corrected chi connectivity index (χ4v) is 1.34. The monoisotopic (exact) mass is 168 g/mol. The van der Waals surface area contributed by atoms with Gasteiger partial charge in [0, 0.05) is 0 Å². The SMILES string of the molecule is C.C/C=C\C1=C(C)CCC1.CC. The first-order valence-electron chi connectivity index (χ1n) is 4.66. The highest BCUT2D eigenvalue weighted by molar-refractivity contribution is 5.27. The number of allylic oxidation sites excluding steroid dienone is 4. The molecule has 0 aromatic carbocycles. The fourth-order valence-electron chi connectivity index (χ4n) is 1.34. The molecule has 0 fully saturated rings. The normalized spacial score (nSPS) is 15.7. The van der Waals surface area contributed by atoms with E-state index < -0.39 is 0 Å². The van der Waals surface area contributed by atoms with Crippen molar-refractivity contribution in [3.63, 3.8) is 0 Å². The van der Waals surface area contributed by atoms with Crippen LogP contribution in [0.5, 0.6) is 0 Å². The molecule has 0 bridgehead atoms. The molecule has 0 spiro atoms. The molecule has 0 radical (unpaired) electrons. The molecule has 1 aliphatic carbocycles. The Bertz CT molecular complexity index is 149.